The normalized spacial score (nSPS) is 15.5. The number of ether oxygens (including phenoxy) is 2. The quantitative estimate of drug-likeness (QED) is 0.178. The molecule has 35 heavy (non-hydrogen) atoms. The van der Waals surface area contributed by atoms with Crippen LogP contribution in [0.2, 0.25) is 0 Å². The van der Waals surface area contributed by atoms with Gasteiger partial charge in [0, 0.05) is 23.8 Å². The van der Waals surface area contributed by atoms with E-state index in [0.29, 0.717) is 23.5 Å². The predicted octanol–water partition coefficient (Wildman–Crippen LogP) is 3.34. The van der Waals surface area contributed by atoms with Crippen LogP contribution in [-0.4, -0.2) is 44.9 Å². The van der Waals surface area contributed by atoms with Crippen LogP contribution in [0.1, 0.15) is 25.3 Å². The van der Waals surface area contributed by atoms with Gasteiger partial charge < -0.3 is 29.7 Å². The van der Waals surface area contributed by atoms with Crippen molar-refractivity contribution in [3.63, 3.8) is 0 Å². The van der Waals surface area contributed by atoms with Crippen molar-refractivity contribution < 1.29 is 34.3 Å². The largest absolute Gasteiger partial charge is 0.508 e. The van der Waals surface area contributed by atoms with E-state index in [1.165, 1.54) is 18.2 Å². The van der Waals surface area contributed by atoms with E-state index in [9.17, 15) is 24.8 Å². The number of para-hydroxylation sites is 1. The molecule has 0 aliphatic heterocycles. The summed E-state index contributed by atoms with van der Waals surface area (Å²) >= 11 is 0. The fourth-order valence-corrected chi connectivity index (χ4v) is 5.72. The lowest BCUT2D eigenvalue weighted by molar-refractivity contribution is 0.0542. The van der Waals surface area contributed by atoms with E-state index in [0.717, 1.165) is 0 Å². The predicted molar refractivity (Wildman–Crippen MR) is 134 cm³/mol. The standard InChI is InChI=1S/C26H32NO7P/c1-2-15-26(34-22-9-5-3-6-10-22,35(31,32)24-11-7-4-8-12-24)27-17-21(29)19-33-23-13-14-25(30)20(16-23)18-28/h3-14,16,21,27-30H,2,15,17-19H2,1H3,(H,31,32). The van der Waals surface area contributed by atoms with Crippen molar-refractivity contribution in [1.82, 2.24) is 5.32 Å². The Labute approximate surface area is 205 Å². The summed E-state index contributed by atoms with van der Waals surface area (Å²) in [5.41, 5.74) is -1.38. The highest BCUT2D eigenvalue weighted by Gasteiger charge is 2.50. The van der Waals surface area contributed by atoms with Crippen molar-refractivity contribution in [1.29, 1.82) is 0 Å². The number of aromatic hydroxyl groups is 1. The van der Waals surface area contributed by atoms with Gasteiger partial charge in [0.1, 0.15) is 30.0 Å². The molecule has 0 saturated heterocycles. The Kier molecular flexibility index (Phi) is 9.32. The maximum atomic E-state index is 13.9. The average Bonchev–Trinajstić information content (AvgIpc) is 2.88. The average molecular weight is 502 g/mol. The Hall–Kier alpha value is -2.87. The number of benzene rings is 3. The molecule has 3 unspecified atom stereocenters. The molecular formula is C26H32NO7P. The van der Waals surface area contributed by atoms with Crippen LogP contribution < -0.4 is 20.1 Å². The van der Waals surface area contributed by atoms with Crippen molar-refractivity contribution >= 4 is 12.7 Å². The maximum Gasteiger partial charge on any atom is 0.286 e. The third-order valence-corrected chi connectivity index (χ3v) is 7.94. The van der Waals surface area contributed by atoms with Crippen molar-refractivity contribution in [2.24, 2.45) is 0 Å². The van der Waals surface area contributed by atoms with Gasteiger partial charge in [-0.05, 0) is 42.5 Å². The van der Waals surface area contributed by atoms with Gasteiger partial charge in [-0.15, -0.1) is 0 Å². The first kappa shape index (κ1) is 26.7. The number of nitrogens with one attached hydrogen (secondary N) is 1. The lowest BCUT2D eigenvalue weighted by Gasteiger charge is -2.39. The molecule has 0 aromatic heterocycles. The first-order chi connectivity index (χ1) is 16.8. The van der Waals surface area contributed by atoms with E-state index < -0.39 is 18.9 Å². The summed E-state index contributed by atoms with van der Waals surface area (Å²) in [5.74, 6) is 0.734. The van der Waals surface area contributed by atoms with Crippen LogP contribution in [0.5, 0.6) is 17.2 Å². The van der Waals surface area contributed by atoms with Gasteiger partial charge in [0.25, 0.3) is 7.37 Å². The van der Waals surface area contributed by atoms with Crippen LogP contribution >= 0.6 is 7.37 Å². The number of hydrogen-bond donors (Lipinski definition) is 5. The van der Waals surface area contributed by atoms with Gasteiger partial charge in [-0.2, -0.15) is 0 Å². The van der Waals surface area contributed by atoms with Crippen LogP contribution in [0.25, 0.3) is 0 Å². The Morgan fingerprint density at radius 3 is 2.29 bits per heavy atom. The minimum absolute atomic E-state index is 0.0518. The van der Waals surface area contributed by atoms with Gasteiger partial charge in [0.15, 0.2) is 0 Å². The van der Waals surface area contributed by atoms with Gasteiger partial charge >= 0.3 is 0 Å². The van der Waals surface area contributed by atoms with Crippen molar-refractivity contribution in [2.45, 2.75) is 37.9 Å². The second kappa shape index (κ2) is 12.2. The van der Waals surface area contributed by atoms with Crippen molar-refractivity contribution in [2.75, 3.05) is 13.2 Å². The van der Waals surface area contributed by atoms with Gasteiger partial charge in [0.05, 0.1) is 6.61 Å². The zero-order valence-corrected chi connectivity index (χ0v) is 20.5. The molecule has 8 nitrogen and oxygen atoms in total. The summed E-state index contributed by atoms with van der Waals surface area (Å²) in [5, 5.41) is 32.9. The summed E-state index contributed by atoms with van der Waals surface area (Å²) < 4.78 is 25.7. The minimum Gasteiger partial charge on any atom is -0.508 e. The Bertz CT molecular complexity index is 1110. The number of phenols is 1. The number of aliphatic hydroxyl groups excluding tert-OH is 2. The number of aliphatic hydroxyl groups is 2. The van der Waals surface area contributed by atoms with Crippen molar-refractivity contribution in [3.8, 4) is 17.2 Å². The number of rotatable bonds is 13. The molecule has 9 heteroatoms. The Morgan fingerprint density at radius 1 is 1.00 bits per heavy atom. The topological polar surface area (TPSA) is 128 Å². The molecule has 3 atom stereocenters. The van der Waals surface area contributed by atoms with Crippen LogP contribution in [0.15, 0.2) is 78.9 Å². The summed E-state index contributed by atoms with van der Waals surface area (Å²) in [6.07, 6.45) is -0.301. The molecule has 3 aromatic rings. The van der Waals surface area contributed by atoms with Crippen LogP contribution in [-0.2, 0) is 11.2 Å². The molecule has 0 fully saturated rings. The van der Waals surface area contributed by atoms with Gasteiger partial charge in [-0.3, -0.25) is 9.88 Å². The smallest absolute Gasteiger partial charge is 0.286 e. The van der Waals surface area contributed by atoms with E-state index in [4.69, 9.17) is 9.47 Å². The highest BCUT2D eigenvalue weighted by atomic mass is 31.2. The fourth-order valence-electron chi connectivity index (χ4n) is 3.66. The van der Waals surface area contributed by atoms with Gasteiger partial charge in [-0.1, -0.05) is 49.7 Å². The third kappa shape index (κ3) is 6.63. The van der Waals surface area contributed by atoms with Gasteiger partial charge in [-0.25, -0.2) is 0 Å². The molecule has 0 amide bonds. The Balaban J connectivity index is 1.81. The lowest BCUT2D eigenvalue weighted by Crippen LogP contribution is -2.54. The van der Waals surface area contributed by atoms with Crippen molar-refractivity contribution in [3.05, 3.63) is 84.4 Å². The first-order valence-electron chi connectivity index (χ1n) is 11.4. The molecule has 0 saturated carbocycles. The molecule has 0 radical (unpaired) electrons. The van der Waals surface area contributed by atoms with E-state index in [1.807, 2.05) is 13.0 Å². The van der Waals surface area contributed by atoms with E-state index in [-0.39, 0.29) is 37.2 Å². The Morgan fingerprint density at radius 2 is 1.66 bits per heavy atom. The van der Waals surface area contributed by atoms with Crippen LogP contribution in [0, 0.1) is 0 Å². The summed E-state index contributed by atoms with van der Waals surface area (Å²) in [4.78, 5) is 11.4. The molecule has 188 valence electrons. The second-order valence-corrected chi connectivity index (χ2v) is 10.5. The zero-order chi connectivity index (χ0) is 25.3. The zero-order valence-electron chi connectivity index (χ0n) is 19.6. The molecule has 3 aromatic carbocycles. The van der Waals surface area contributed by atoms with E-state index in [1.54, 1.807) is 54.6 Å². The SMILES string of the molecule is CCCC(NCC(O)COc1ccc(O)c(CO)c1)(Oc1ccccc1)P(=O)(O)c1ccccc1. The number of hydrogen-bond acceptors (Lipinski definition) is 7. The molecular weight excluding hydrogens is 469 g/mol. The molecule has 5 N–H and O–H groups in total. The first-order valence-corrected chi connectivity index (χ1v) is 13.1. The highest BCUT2D eigenvalue weighted by molar-refractivity contribution is 7.67. The van der Waals surface area contributed by atoms with Crippen LogP contribution in [0.4, 0.5) is 0 Å². The van der Waals surface area contributed by atoms with E-state index >= 15 is 0 Å². The lowest BCUT2D eigenvalue weighted by atomic mass is 10.2. The maximum absolute atomic E-state index is 13.9. The summed E-state index contributed by atoms with van der Waals surface area (Å²) in [6.45, 7) is 1.32. The second-order valence-electron chi connectivity index (χ2n) is 8.16. The minimum atomic E-state index is -4.16. The third-order valence-electron chi connectivity index (χ3n) is 5.49. The van der Waals surface area contributed by atoms with E-state index in [2.05, 4.69) is 5.32 Å². The van der Waals surface area contributed by atoms with Crippen LogP contribution in [0.3, 0.4) is 0 Å². The molecule has 0 heterocycles. The monoisotopic (exact) mass is 501 g/mol. The molecule has 3 rings (SSSR count). The molecule has 0 aliphatic carbocycles. The highest BCUT2D eigenvalue weighted by Crippen LogP contribution is 2.54. The molecule has 0 spiro atoms. The summed E-state index contributed by atoms with van der Waals surface area (Å²) in [7, 11) is -4.16. The molecule has 0 bridgehead atoms. The van der Waals surface area contributed by atoms with Gasteiger partial charge in [0.2, 0.25) is 5.47 Å². The molecule has 0 aliphatic rings. The fraction of sp³-hybridized carbons (Fsp3) is 0.308. The summed E-state index contributed by atoms with van der Waals surface area (Å²) in [6, 6.07) is 21.5.